The van der Waals surface area contributed by atoms with Crippen LogP contribution < -0.4 is 15.5 Å². The highest BCUT2D eigenvalue weighted by Gasteiger charge is 2.35. The number of imide groups is 2. The van der Waals surface area contributed by atoms with E-state index in [1.165, 1.54) is 13.2 Å². The molecule has 0 radical (unpaired) electrons. The molecule has 4 rings (SSSR count). The van der Waals surface area contributed by atoms with Crippen molar-refractivity contribution in [1.82, 2.24) is 10.2 Å². The van der Waals surface area contributed by atoms with E-state index in [1.54, 1.807) is 36.4 Å². The number of fused-ring (bicyclic) bond motifs is 1. The lowest BCUT2D eigenvalue weighted by Crippen LogP contribution is -2.53. The van der Waals surface area contributed by atoms with E-state index in [0.717, 1.165) is 17.2 Å². The highest BCUT2D eigenvalue weighted by Crippen LogP contribution is 2.21. The molecule has 0 bridgehead atoms. The molecule has 1 aliphatic rings. The largest absolute Gasteiger partial charge is 0.497 e. The second-order valence-corrected chi connectivity index (χ2v) is 6.58. The van der Waals surface area contributed by atoms with Crippen LogP contribution in [-0.4, -0.2) is 29.9 Å². The fourth-order valence-electron chi connectivity index (χ4n) is 3.11. The number of rotatable bonds is 4. The van der Waals surface area contributed by atoms with Crippen LogP contribution in [0, 0.1) is 0 Å². The number of urea groups is 1. The molecule has 1 saturated heterocycles. The van der Waals surface area contributed by atoms with Gasteiger partial charge in [0.05, 0.1) is 24.6 Å². The Labute approximate surface area is 170 Å². The van der Waals surface area contributed by atoms with Gasteiger partial charge >= 0.3 is 6.03 Å². The predicted octanol–water partition coefficient (Wildman–Crippen LogP) is 2.46. The molecule has 0 aliphatic carbocycles. The number of barbiturate groups is 1. The Morgan fingerprint density at radius 1 is 1.07 bits per heavy atom. The molecule has 8 nitrogen and oxygen atoms in total. The van der Waals surface area contributed by atoms with Gasteiger partial charge in [0.15, 0.2) is 5.43 Å². The molecule has 0 saturated carbocycles. The van der Waals surface area contributed by atoms with Gasteiger partial charge in [-0.1, -0.05) is 30.3 Å². The van der Waals surface area contributed by atoms with Crippen LogP contribution in [0.5, 0.6) is 5.75 Å². The van der Waals surface area contributed by atoms with Gasteiger partial charge in [0.1, 0.15) is 23.2 Å². The highest BCUT2D eigenvalue weighted by molar-refractivity contribution is 6.31. The maximum absolute atomic E-state index is 12.8. The molecule has 1 aromatic heterocycles. The number of hydrogen-bond acceptors (Lipinski definition) is 6. The molecule has 8 heteroatoms. The third-order valence-corrected chi connectivity index (χ3v) is 4.68. The van der Waals surface area contributed by atoms with Gasteiger partial charge in [0.25, 0.3) is 11.8 Å². The molecule has 4 amide bonds. The first-order valence-corrected chi connectivity index (χ1v) is 9.00. The first-order valence-electron chi connectivity index (χ1n) is 9.00. The smallest absolute Gasteiger partial charge is 0.331 e. The van der Waals surface area contributed by atoms with Gasteiger partial charge in [0.2, 0.25) is 0 Å². The lowest BCUT2D eigenvalue weighted by atomic mass is 10.1. The van der Waals surface area contributed by atoms with E-state index in [-0.39, 0.29) is 23.1 Å². The summed E-state index contributed by atoms with van der Waals surface area (Å²) in [6, 6.07) is 12.8. The first kappa shape index (κ1) is 19.1. The molecular formula is C22H16N2O6. The molecule has 3 aromatic rings. The van der Waals surface area contributed by atoms with Crippen LogP contribution in [0.3, 0.4) is 0 Å². The Bertz CT molecular complexity index is 1260. The minimum absolute atomic E-state index is 0.0117. The minimum atomic E-state index is -0.872. The van der Waals surface area contributed by atoms with Crippen molar-refractivity contribution in [3.63, 3.8) is 0 Å². The molecule has 1 fully saturated rings. The van der Waals surface area contributed by atoms with Crippen molar-refractivity contribution in [2.24, 2.45) is 0 Å². The lowest BCUT2D eigenvalue weighted by molar-refractivity contribution is -0.130. The van der Waals surface area contributed by atoms with Gasteiger partial charge in [-0.25, -0.2) is 4.79 Å². The first-order chi connectivity index (χ1) is 14.5. The van der Waals surface area contributed by atoms with Gasteiger partial charge in [-0.2, -0.15) is 0 Å². The van der Waals surface area contributed by atoms with Crippen molar-refractivity contribution in [2.45, 2.75) is 6.54 Å². The summed E-state index contributed by atoms with van der Waals surface area (Å²) in [5, 5.41) is 2.40. The second-order valence-electron chi connectivity index (χ2n) is 6.58. The number of nitrogens with one attached hydrogen (secondary N) is 1. The van der Waals surface area contributed by atoms with Crippen LogP contribution in [0.4, 0.5) is 4.79 Å². The molecule has 30 heavy (non-hydrogen) atoms. The molecule has 2 aromatic carbocycles. The van der Waals surface area contributed by atoms with E-state index in [9.17, 15) is 19.2 Å². The Balaban J connectivity index is 1.72. The van der Waals surface area contributed by atoms with Crippen molar-refractivity contribution in [3.05, 3.63) is 81.7 Å². The zero-order valence-electron chi connectivity index (χ0n) is 15.9. The number of benzene rings is 2. The molecule has 150 valence electrons. The van der Waals surface area contributed by atoms with Crippen LogP contribution in [0.2, 0.25) is 0 Å². The maximum atomic E-state index is 12.8. The predicted molar refractivity (Wildman–Crippen MR) is 108 cm³/mol. The monoisotopic (exact) mass is 404 g/mol. The van der Waals surface area contributed by atoms with E-state index in [4.69, 9.17) is 9.15 Å². The number of ether oxygens (including phenoxy) is 1. The number of hydrogen-bond donors (Lipinski definition) is 1. The summed E-state index contributed by atoms with van der Waals surface area (Å²) in [5.41, 5.74) is 0.292. The van der Waals surface area contributed by atoms with Crippen LogP contribution in [0.15, 0.2) is 69.6 Å². The van der Waals surface area contributed by atoms with Gasteiger partial charge in [-0.05, 0) is 23.8 Å². The number of amides is 4. The zero-order valence-corrected chi connectivity index (χ0v) is 15.9. The van der Waals surface area contributed by atoms with Crippen molar-refractivity contribution in [2.75, 3.05) is 7.11 Å². The second kappa shape index (κ2) is 7.67. The number of carbonyl (C=O) groups excluding carboxylic acids is 3. The normalized spacial score (nSPS) is 15.6. The summed E-state index contributed by atoms with van der Waals surface area (Å²) in [4.78, 5) is 51.0. The average Bonchev–Trinajstić information content (AvgIpc) is 2.76. The molecule has 0 spiro atoms. The van der Waals surface area contributed by atoms with E-state index < -0.39 is 23.3 Å². The van der Waals surface area contributed by atoms with Gasteiger partial charge in [-0.3, -0.25) is 24.6 Å². The summed E-state index contributed by atoms with van der Waals surface area (Å²) in [7, 11) is 1.49. The standard InChI is InChI=1S/C22H16N2O6/c1-29-15-7-8-16-18(10-15)30-12-14(19(16)25)9-17-20(26)23-22(28)24(21(17)27)11-13-5-3-2-4-6-13/h2-10,12H,11H2,1H3,(H,23,26,28). The Morgan fingerprint density at radius 2 is 1.83 bits per heavy atom. The van der Waals surface area contributed by atoms with Gasteiger partial charge in [0, 0.05) is 6.07 Å². The van der Waals surface area contributed by atoms with Crippen LogP contribution >= 0.6 is 0 Å². The van der Waals surface area contributed by atoms with Crippen molar-refractivity contribution in [1.29, 1.82) is 0 Å². The SMILES string of the molecule is COc1ccc2c(=O)c(C=C3C(=O)NC(=O)N(Cc4ccccc4)C3=O)coc2c1. The van der Waals surface area contributed by atoms with Gasteiger partial charge in [-0.15, -0.1) is 0 Å². The number of carbonyl (C=O) groups is 3. The number of methoxy groups -OCH3 is 1. The lowest BCUT2D eigenvalue weighted by Gasteiger charge is -2.26. The van der Waals surface area contributed by atoms with Crippen molar-refractivity contribution >= 4 is 34.9 Å². The van der Waals surface area contributed by atoms with E-state index >= 15 is 0 Å². The summed E-state index contributed by atoms with van der Waals surface area (Å²) < 4.78 is 10.6. The van der Waals surface area contributed by atoms with Crippen LogP contribution in [0.25, 0.3) is 17.0 Å². The van der Waals surface area contributed by atoms with E-state index in [2.05, 4.69) is 5.32 Å². The third-order valence-electron chi connectivity index (χ3n) is 4.68. The molecule has 1 N–H and O–H groups in total. The highest BCUT2D eigenvalue weighted by atomic mass is 16.5. The Hall–Kier alpha value is -4.20. The number of nitrogens with zero attached hydrogens (tertiary/aromatic N) is 1. The Kier molecular flexibility index (Phi) is 4.89. The summed E-state index contributed by atoms with van der Waals surface area (Å²) >= 11 is 0. The van der Waals surface area contributed by atoms with Crippen molar-refractivity contribution in [3.8, 4) is 5.75 Å². The third kappa shape index (κ3) is 3.46. The maximum Gasteiger partial charge on any atom is 0.331 e. The molecule has 1 aliphatic heterocycles. The molecule has 0 atom stereocenters. The fourth-order valence-corrected chi connectivity index (χ4v) is 3.11. The van der Waals surface area contributed by atoms with Gasteiger partial charge < -0.3 is 9.15 Å². The topological polar surface area (TPSA) is 106 Å². The summed E-state index contributed by atoms with van der Waals surface area (Å²) in [6.07, 6.45) is 2.30. The minimum Gasteiger partial charge on any atom is -0.497 e. The molecular weight excluding hydrogens is 388 g/mol. The van der Waals surface area contributed by atoms with E-state index in [1.807, 2.05) is 6.07 Å². The van der Waals surface area contributed by atoms with Crippen LogP contribution in [0.1, 0.15) is 11.1 Å². The summed E-state index contributed by atoms with van der Waals surface area (Å²) in [5.74, 6) is -1.14. The zero-order chi connectivity index (χ0) is 21.3. The summed E-state index contributed by atoms with van der Waals surface area (Å²) in [6.45, 7) is -0.0117. The quantitative estimate of drug-likeness (QED) is 0.529. The fraction of sp³-hybridized carbons (Fsp3) is 0.0909. The van der Waals surface area contributed by atoms with E-state index in [0.29, 0.717) is 16.9 Å². The Morgan fingerprint density at radius 3 is 2.57 bits per heavy atom. The molecule has 2 heterocycles. The van der Waals surface area contributed by atoms with Crippen LogP contribution in [-0.2, 0) is 16.1 Å². The molecule has 0 unspecified atom stereocenters. The van der Waals surface area contributed by atoms with Crippen molar-refractivity contribution < 1.29 is 23.5 Å². The average molecular weight is 404 g/mol.